The summed E-state index contributed by atoms with van der Waals surface area (Å²) in [6.45, 7) is 4.31. The Labute approximate surface area is 158 Å². The maximum Gasteiger partial charge on any atom is 0.272 e. The summed E-state index contributed by atoms with van der Waals surface area (Å²) in [7, 11) is -1.97. The third kappa shape index (κ3) is 3.58. The maximum absolute atomic E-state index is 12.8. The molecule has 0 atom stereocenters. The Morgan fingerprint density at radius 1 is 1.19 bits per heavy atom. The Balaban J connectivity index is 1.93. The lowest BCUT2D eigenvalue weighted by molar-refractivity contribution is 0.101. The Bertz CT molecular complexity index is 1080. The van der Waals surface area contributed by atoms with Crippen LogP contribution in [0.2, 0.25) is 0 Å². The van der Waals surface area contributed by atoms with Gasteiger partial charge in [-0.25, -0.2) is 8.42 Å². The highest BCUT2D eigenvalue weighted by Gasteiger charge is 2.25. The Morgan fingerprint density at radius 3 is 2.63 bits per heavy atom. The van der Waals surface area contributed by atoms with Crippen LogP contribution in [0, 0.1) is 0 Å². The van der Waals surface area contributed by atoms with E-state index in [0.29, 0.717) is 18.8 Å². The molecule has 0 aliphatic heterocycles. The van der Waals surface area contributed by atoms with Crippen LogP contribution >= 0.6 is 0 Å². The van der Waals surface area contributed by atoms with Gasteiger partial charge < -0.3 is 9.88 Å². The quantitative estimate of drug-likeness (QED) is 0.706. The second-order valence-corrected chi connectivity index (χ2v) is 8.03. The number of rotatable bonds is 6. The van der Waals surface area contributed by atoms with Gasteiger partial charge in [-0.15, -0.1) is 0 Å². The molecule has 0 fully saturated rings. The van der Waals surface area contributed by atoms with Crippen molar-refractivity contribution < 1.29 is 13.2 Å². The number of carbonyl (C=O) groups excluding carboxylic acids is 1. The van der Waals surface area contributed by atoms with Crippen molar-refractivity contribution in [1.29, 1.82) is 0 Å². The highest BCUT2D eigenvalue weighted by atomic mass is 32.2. The number of aryl methyl sites for hydroxylation is 1. The van der Waals surface area contributed by atoms with Gasteiger partial charge >= 0.3 is 0 Å². The van der Waals surface area contributed by atoms with Crippen molar-refractivity contribution in [2.24, 2.45) is 7.05 Å². The molecule has 0 unspecified atom stereocenters. The maximum atomic E-state index is 12.8. The average Bonchev–Trinajstić information content (AvgIpc) is 3.05. The summed E-state index contributed by atoms with van der Waals surface area (Å²) < 4.78 is 28.3. The number of nitrogens with one attached hydrogen (secondary N) is 1. The summed E-state index contributed by atoms with van der Waals surface area (Å²) in [5, 5.41) is 3.67. The fraction of sp³-hybridized carbons (Fsp3) is 0.263. The van der Waals surface area contributed by atoms with Gasteiger partial charge in [0.15, 0.2) is 0 Å². The minimum Gasteiger partial charge on any atom is -0.345 e. The molecule has 2 heterocycles. The van der Waals surface area contributed by atoms with Gasteiger partial charge in [-0.1, -0.05) is 19.9 Å². The summed E-state index contributed by atoms with van der Waals surface area (Å²) in [6.07, 6.45) is 3.16. The number of hydrogen-bond acceptors (Lipinski definition) is 4. The summed E-state index contributed by atoms with van der Waals surface area (Å²) in [5.41, 5.74) is 1.66. The normalized spacial score (nSPS) is 11.9. The molecule has 2 aromatic heterocycles. The molecular weight excluding hydrogens is 364 g/mol. The van der Waals surface area contributed by atoms with Crippen LogP contribution in [0.15, 0.2) is 53.7 Å². The summed E-state index contributed by atoms with van der Waals surface area (Å²) in [5.74, 6) is -0.380. The van der Waals surface area contributed by atoms with Gasteiger partial charge in [0.1, 0.15) is 10.6 Å². The zero-order chi connectivity index (χ0) is 19.6. The summed E-state index contributed by atoms with van der Waals surface area (Å²) in [4.78, 5) is 17.1. The lowest BCUT2D eigenvalue weighted by atomic mass is 10.2. The molecule has 0 radical (unpaired) electrons. The third-order valence-corrected chi connectivity index (χ3v) is 6.46. The van der Waals surface area contributed by atoms with Crippen LogP contribution in [0.4, 0.5) is 5.69 Å². The van der Waals surface area contributed by atoms with E-state index in [9.17, 15) is 13.2 Å². The number of fused-ring (bicyclic) bond motifs is 1. The number of sulfonamides is 1. The van der Waals surface area contributed by atoms with Gasteiger partial charge in [-0.05, 0) is 30.3 Å². The van der Waals surface area contributed by atoms with Crippen LogP contribution < -0.4 is 5.32 Å². The number of amides is 1. The standard InChI is InChI=1S/C19H22N4O3S/c1-4-23(5-2)27(25,26)14-12-18(22(3)13-14)19(24)21-17-10-6-9-16-15(17)8-7-11-20-16/h6-13H,4-5H2,1-3H3,(H,21,24). The third-order valence-electron chi connectivity index (χ3n) is 4.45. The molecule has 0 aliphatic carbocycles. The second kappa shape index (κ2) is 7.50. The molecule has 142 valence electrons. The fourth-order valence-electron chi connectivity index (χ4n) is 3.01. The molecule has 27 heavy (non-hydrogen) atoms. The van der Waals surface area contributed by atoms with Crippen LogP contribution in [-0.4, -0.2) is 41.3 Å². The zero-order valence-electron chi connectivity index (χ0n) is 15.5. The molecule has 0 spiro atoms. The molecule has 1 N–H and O–H groups in total. The van der Waals surface area contributed by atoms with E-state index in [0.717, 1.165) is 10.9 Å². The molecule has 0 saturated heterocycles. The van der Waals surface area contributed by atoms with Gasteiger partial charge in [0.2, 0.25) is 10.0 Å². The zero-order valence-corrected chi connectivity index (χ0v) is 16.3. The Hall–Kier alpha value is -2.71. The molecule has 0 aliphatic rings. The van der Waals surface area contributed by atoms with E-state index in [2.05, 4.69) is 10.3 Å². The van der Waals surface area contributed by atoms with E-state index in [1.54, 1.807) is 39.2 Å². The van der Waals surface area contributed by atoms with Gasteiger partial charge in [0.05, 0.1) is 11.2 Å². The number of hydrogen-bond donors (Lipinski definition) is 1. The van der Waals surface area contributed by atoms with Crippen LogP contribution in [-0.2, 0) is 17.1 Å². The van der Waals surface area contributed by atoms with Crippen LogP contribution in [0.1, 0.15) is 24.3 Å². The highest BCUT2D eigenvalue weighted by molar-refractivity contribution is 7.89. The van der Waals surface area contributed by atoms with Crippen molar-refractivity contribution in [3.63, 3.8) is 0 Å². The summed E-state index contributed by atoms with van der Waals surface area (Å²) >= 11 is 0. The van der Waals surface area contributed by atoms with E-state index in [1.165, 1.54) is 21.1 Å². The molecule has 1 amide bonds. The van der Waals surface area contributed by atoms with Gasteiger partial charge in [0, 0.05) is 37.9 Å². The van der Waals surface area contributed by atoms with E-state index >= 15 is 0 Å². The second-order valence-electron chi connectivity index (χ2n) is 6.09. The van der Waals surface area contributed by atoms with Crippen molar-refractivity contribution in [1.82, 2.24) is 13.9 Å². The number of pyridine rings is 1. The first-order chi connectivity index (χ1) is 12.9. The van der Waals surface area contributed by atoms with E-state index in [4.69, 9.17) is 0 Å². The first-order valence-electron chi connectivity index (χ1n) is 8.70. The molecule has 0 bridgehead atoms. The molecule has 7 nitrogen and oxygen atoms in total. The predicted molar refractivity (Wildman–Crippen MR) is 105 cm³/mol. The molecule has 8 heteroatoms. The van der Waals surface area contributed by atoms with Crippen molar-refractivity contribution >= 4 is 32.5 Å². The first kappa shape index (κ1) is 19.1. The molecule has 3 rings (SSSR count). The fourth-order valence-corrected chi connectivity index (χ4v) is 4.54. The molecule has 1 aromatic carbocycles. The lowest BCUT2D eigenvalue weighted by Crippen LogP contribution is -2.30. The number of nitrogens with zero attached hydrogens (tertiary/aromatic N) is 3. The molecule has 3 aromatic rings. The number of carbonyl (C=O) groups is 1. The van der Waals surface area contributed by atoms with E-state index in [1.807, 2.05) is 18.2 Å². The Kier molecular flexibility index (Phi) is 5.29. The minimum atomic E-state index is -3.62. The smallest absolute Gasteiger partial charge is 0.272 e. The SMILES string of the molecule is CCN(CC)S(=O)(=O)c1cc(C(=O)Nc2cccc3ncccc23)n(C)c1. The number of anilines is 1. The number of benzene rings is 1. The van der Waals surface area contributed by atoms with Crippen molar-refractivity contribution in [2.75, 3.05) is 18.4 Å². The van der Waals surface area contributed by atoms with Gasteiger partial charge in [-0.3, -0.25) is 9.78 Å². The predicted octanol–water partition coefficient (Wildman–Crippen LogP) is 2.86. The highest BCUT2D eigenvalue weighted by Crippen LogP contribution is 2.23. The monoisotopic (exact) mass is 386 g/mol. The van der Waals surface area contributed by atoms with Gasteiger partial charge in [-0.2, -0.15) is 4.31 Å². The topological polar surface area (TPSA) is 84.3 Å². The molecule has 0 saturated carbocycles. The Morgan fingerprint density at radius 2 is 1.93 bits per heavy atom. The largest absolute Gasteiger partial charge is 0.345 e. The average molecular weight is 386 g/mol. The number of aromatic nitrogens is 2. The van der Waals surface area contributed by atoms with Crippen LogP contribution in [0.5, 0.6) is 0 Å². The first-order valence-corrected chi connectivity index (χ1v) is 10.1. The van der Waals surface area contributed by atoms with Gasteiger partial charge in [0.25, 0.3) is 5.91 Å². The van der Waals surface area contributed by atoms with E-state index in [-0.39, 0.29) is 16.5 Å². The van der Waals surface area contributed by atoms with Crippen LogP contribution in [0.3, 0.4) is 0 Å². The molecular formula is C19H22N4O3S. The summed E-state index contributed by atoms with van der Waals surface area (Å²) in [6, 6.07) is 10.5. The van der Waals surface area contributed by atoms with Crippen molar-refractivity contribution in [3.05, 3.63) is 54.5 Å². The minimum absolute atomic E-state index is 0.110. The lowest BCUT2D eigenvalue weighted by Gasteiger charge is -2.17. The van der Waals surface area contributed by atoms with Crippen molar-refractivity contribution in [3.8, 4) is 0 Å². The van der Waals surface area contributed by atoms with Crippen molar-refractivity contribution in [2.45, 2.75) is 18.7 Å². The van der Waals surface area contributed by atoms with E-state index < -0.39 is 10.0 Å². The van der Waals surface area contributed by atoms with Crippen LogP contribution in [0.25, 0.3) is 10.9 Å².